The first kappa shape index (κ1) is 18.7. The highest BCUT2D eigenvalue weighted by Gasteiger charge is 2.36. The van der Waals surface area contributed by atoms with Gasteiger partial charge in [-0.25, -0.2) is 0 Å². The molecule has 3 rings (SSSR count). The number of aromatic nitrogens is 1. The molecule has 0 radical (unpaired) electrons. The van der Waals surface area contributed by atoms with Crippen molar-refractivity contribution in [3.8, 4) is 6.07 Å². The number of pyridine rings is 1. The van der Waals surface area contributed by atoms with Crippen molar-refractivity contribution in [3.05, 3.63) is 59.4 Å². The Morgan fingerprint density at radius 3 is 2.63 bits per heavy atom. The van der Waals surface area contributed by atoms with Crippen molar-refractivity contribution in [2.75, 3.05) is 31.1 Å². The Kier molecular flexibility index (Phi) is 5.31. The fraction of sp³-hybridized carbons (Fsp3) is 0.316. The molecule has 0 atom stereocenters. The zero-order chi connectivity index (χ0) is 19.4. The SMILES string of the molecule is N#Cc1ccccc1N1CCCN(C(=O)c2ccncc2C(F)(F)F)CC1. The molecule has 0 unspecified atom stereocenters. The summed E-state index contributed by atoms with van der Waals surface area (Å²) < 4.78 is 39.5. The lowest BCUT2D eigenvalue weighted by molar-refractivity contribution is -0.138. The van der Waals surface area contributed by atoms with Gasteiger partial charge in [0.1, 0.15) is 6.07 Å². The van der Waals surface area contributed by atoms with Crippen LogP contribution in [-0.4, -0.2) is 42.0 Å². The minimum atomic E-state index is -4.64. The van der Waals surface area contributed by atoms with E-state index in [2.05, 4.69) is 11.1 Å². The van der Waals surface area contributed by atoms with E-state index in [-0.39, 0.29) is 12.1 Å². The molecular weight excluding hydrogens is 357 g/mol. The van der Waals surface area contributed by atoms with E-state index in [0.717, 1.165) is 11.8 Å². The number of carbonyl (C=O) groups is 1. The summed E-state index contributed by atoms with van der Waals surface area (Å²) in [5.74, 6) is -0.653. The highest BCUT2D eigenvalue weighted by Crippen LogP contribution is 2.32. The van der Waals surface area contributed by atoms with Crippen molar-refractivity contribution in [3.63, 3.8) is 0 Å². The summed E-state index contributed by atoms with van der Waals surface area (Å²) >= 11 is 0. The lowest BCUT2D eigenvalue weighted by Crippen LogP contribution is -2.36. The molecule has 1 fully saturated rings. The van der Waals surface area contributed by atoms with E-state index in [9.17, 15) is 23.2 Å². The van der Waals surface area contributed by atoms with E-state index in [0.29, 0.717) is 37.8 Å². The Morgan fingerprint density at radius 1 is 1.11 bits per heavy atom. The first-order chi connectivity index (χ1) is 12.9. The van der Waals surface area contributed by atoms with Crippen molar-refractivity contribution < 1.29 is 18.0 Å². The van der Waals surface area contributed by atoms with Crippen LogP contribution in [0.2, 0.25) is 0 Å². The highest BCUT2D eigenvalue weighted by atomic mass is 19.4. The molecule has 8 heteroatoms. The minimum Gasteiger partial charge on any atom is -0.369 e. The van der Waals surface area contributed by atoms with Crippen molar-refractivity contribution in [2.45, 2.75) is 12.6 Å². The molecule has 0 saturated carbocycles. The van der Waals surface area contributed by atoms with Crippen molar-refractivity contribution in [1.29, 1.82) is 5.26 Å². The topological polar surface area (TPSA) is 60.2 Å². The largest absolute Gasteiger partial charge is 0.418 e. The molecule has 1 amide bonds. The number of nitrogens with zero attached hydrogens (tertiary/aromatic N) is 4. The predicted molar refractivity (Wildman–Crippen MR) is 93.1 cm³/mol. The van der Waals surface area contributed by atoms with E-state index < -0.39 is 17.6 Å². The second kappa shape index (κ2) is 7.66. The summed E-state index contributed by atoms with van der Waals surface area (Å²) in [5, 5.41) is 9.26. The summed E-state index contributed by atoms with van der Waals surface area (Å²) in [7, 11) is 0. The first-order valence-corrected chi connectivity index (χ1v) is 8.46. The molecule has 0 spiro atoms. The lowest BCUT2D eigenvalue weighted by Gasteiger charge is -2.25. The van der Waals surface area contributed by atoms with Gasteiger partial charge in [-0.15, -0.1) is 0 Å². The third-order valence-electron chi connectivity index (χ3n) is 4.51. The van der Waals surface area contributed by atoms with Gasteiger partial charge < -0.3 is 9.80 Å². The van der Waals surface area contributed by atoms with Crippen LogP contribution in [0.3, 0.4) is 0 Å². The molecule has 0 N–H and O–H groups in total. The highest BCUT2D eigenvalue weighted by molar-refractivity contribution is 5.95. The van der Waals surface area contributed by atoms with Crippen molar-refractivity contribution in [1.82, 2.24) is 9.88 Å². The number of hydrogen-bond acceptors (Lipinski definition) is 4. The van der Waals surface area contributed by atoms with E-state index >= 15 is 0 Å². The maximum Gasteiger partial charge on any atom is 0.418 e. The third kappa shape index (κ3) is 4.03. The number of halogens is 3. The fourth-order valence-corrected chi connectivity index (χ4v) is 3.18. The predicted octanol–water partition coefficient (Wildman–Crippen LogP) is 3.32. The van der Waals surface area contributed by atoms with Gasteiger partial charge in [-0.05, 0) is 24.6 Å². The fourth-order valence-electron chi connectivity index (χ4n) is 3.18. The average Bonchev–Trinajstić information content (AvgIpc) is 2.93. The second-order valence-electron chi connectivity index (χ2n) is 6.18. The molecule has 1 aromatic carbocycles. The van der Waals surface area contributed by atoms with E-state index in [1.54, 1.807) is 12.1 Å². The number of nitriles is 1. The van der Waals surface area contributed by atoms with Crippen LogP contribution in [0, 0.1) is 11.3 Å². The lowest BCUT2D eigenvalue weighted by atomic mass is 10.1. The van der Waals surface area contributed by atoms with E-state index in [1.807, 2.05) is 17.0 Å². The number of hydrogen-bond donors (Lipinski definition) is 0. The summed E-state index contributed by atoms with van der Waals surface area (Å²) in [5.41, 5.74) is -0.103. The summed E-state index contributed by atoms with van der Waals surface area (Å²) in [4.78, 5) is 19.6. The Labute approximate surface area is 154 Å². The number of carbonyl (C=O) groups excluding carboxylic acids is 1. The van der Waals surface area contributed by atoms with Crippen molar-refractivity contribution >= 4 is 11.6 Å². The molecule has 27 heavy (non-hydrogen) atoms. The molecule has 2 heterocycles. The van der Waals surface area contributed by atoms with Crippen LogP contribution in [0.15, 0.2) is 42.7 Å². The van der Waals surface area contributed by atoms with Crippen LogP contribution in [0.4, 0.5) is 18.9 Å². The van der Waals surface area contributed by atoms with Gasteiger partial charge in [-0.1, -0.05) is 12.1 Å². The van der Waals surface area contributed by atoms with Gasteiger partial charge >= 0.3 is 6.18 Å². The van der Waals surface area contributed by atoms with Gasteiger partial charge in [0.2, 0.25) is 0 Å². The third-order valence-corrected chi connectivity index (χ3v) is 4.51. The van der Waals surface area contributed by atoms with Gasteiger partial charge in [0.25, 0.3) is 5.91 Å². The number of para-hydroxylation sites is 1. The Balaban J connectivity index is 1.79. The first-order valence-electron chi connectivity index (χ1n) is 8.46. The number of benzene rings is 1. The van der Waals surface area contributed by atoms with Gasteiger partial charge in [0, 0.05) is 38.6 Å². The molecule has 5 nitrogen and oxygen atoms in total. The molecular formula is C19H17F3N4O. The Morgan fingerprint density at radius 2 is 1.89 bits per heavy atom. The zero-order valence-corrected chi connectivity index (χ0v) is 14.4. The van der Waals surface area contributed by atoms with Crippen molar-refractivity contribution in [2.24, 2.45) is 0 Å². The summed E-state index contributed by atoms with van der Waals surface area (Å²) in [6.07, 6.45) is -2.17. The zero-order valence-electron chi connectivity index (χ0n) is 14.4. The van der Waals surface area contributed by atoms with Crippen LogP contribution in [0.1, 0.15) is 27.9 Å². The molecule has 0 bridgehead atoms. The molecule has 1 aliphatic heterocycles. The number of rotatable bonds is 2. The number of anilines is 1. The molecule has 0 aliphatic carbocycles. The normalized spacial score (nSPS) is 15.2. The number of alkyl halides is 3. The second-order valence-corrected chi connectivity index (χ2v) is 6.18. The number of amides is 1. The molecule has 1 aliphatic rings. The maximum atomic E-state index is 13.2. The summed E-state index contributed by atoms with van der Waals surface area (Å²) in [6, 6.07) is 10.4. The van der Waals surface area contributed by atoms with Crippen LogP contribution in [0.5, 0.6) is 0 Å². The molecule has 140 valence electrons. The van der Waals surface area contributed by atoms with Gasteiger partial charge in [-0.2, -0.15) is 18.4 Å². The average molecular weight is 374 g/mol. The van der Waals surface area contributed by atoms with Gasteiger partial charge in [0.05, 0.1) is 22.4 Å². The summed E-state index contributed by atoms with van der Waals surface area (Å²) in [6.45, 7) is 1.68. The monoisotopic (exact) mass is 374 g/mol. The minimum absolute atomic E-state index is 0.276. The molecule has 1 aromatic heterocycles. The molecule has 2 aromatic rings. The Hall–Kier alpha value is -3.08. The smallest absolute Gasteiger partial charge is 0.369 e. The van der Waals surface area contributed by atoms with Crippen LogP contribution >= 0.6 is 0 Å². The van der Waals surface area contributed by atoms with Gasteiger partial charge in [-0.3, -0.25) is 9.78 Å². The standard InChI is InChI=1S/C19H17F3N4O/c20-19(21,22)16-13-24-7-6-15(16)18(27)26-9-3-8-25(10-11-26)17-5-2-1-4-14(17)12-23/h1-2,4-7,13H,3,8-11H2. The van der Waals surface area contributed by atoms with E-state index in [1.165, 1.54) is 11.1 Å². The maximum absolute atomic E-state index is 13.2. The van der Waals surface area contributed by atoms with Crippen LogP contribution in [-0.2, 0) is 6.18 Å². The van der Waals surface area contributed by atoms with Crippen LogP contribution in [0.25, 0.3) is 0 Å². The quantitative estimate of drug-likeness (QED) is 0.809. The Bertz CT molecular complexity index is 876. The molecule has 1 saturated heterocycles. The van der Waals surface area contributed by atoms with Crippen LogP contribution < -0.4 is 4.90 Å². The van der Waals surface area contributed by atoms with E-state index in [4.69, 9.17) is 0 Å². The van der Waals surface area contributed by atoms with Gasteiger partial charge in [0.15, 0.2) is 0 Å².